The predicted octanol–water partition coefficient (Wildman–Crippen LogP) is 0.239. The quantitative estimate of drug-likeness (QED) is 0.757. The molecule has 0 saturated heterocycles. The van der Waals surface area contributed by atoms with Gasteiger partial charge in [0.15, 0.2) is 5.03 Å². The lowest BCUT2D eigenvalue weighted by Gasteiger charge is -2.05. The van der Waals surface area contributed by atoms with Crippen molar-refractivity contribution in [1.29, 1.82) is 0 Å². The topological polar surface area (TPSA) is 127 Å². The van der Waals surface area contributed by atoms with Crippen LogP contribution in [0.2, 0.25) is 0 Å². The Balaban J connectivity index is 2.31. The largest absolute Gasteiger partial charge is 0.462 e. The maximum atomic E-state index is 12.1. The Morgan fingerprint density at radius 1 is 1.53 bits per heavy atom. The molecular formula is C8H9N5O4S2. The van der Waals surface area contributed by atoms with Gasteiger partial charge in [-0.1, -0.05) is 4.49 Å². The Kier molecular flexibility index (Phi) is 3.76. The number of rotatable bonds is 5. The molecule has 2 rings (SSSR count). The Hall–Kier alpha value is -2.01. The van der Waals surface area contributed by atoms with E-state index < -0.39 is 16.0 Å². The van der Waals surface area contributed by atoms with E-state index in [1.54, 1.807) is 6.92 Å². The number of carbonyl (C=O) groups is 1. The van der Waals surface area contributed by atoms with Crippen LogP contribution in [-0.2, 0) is 14.8 Å². The van der Waals surface area contributed by atoms with Gasteiger partial charge >= 0.3 is 5.97 Å². The van der Waals surface area contributed by atoms with Gasteiger partial charge in [0.05, 0.1) is 19.0 Å². The summed E-state index contributed by atoms with van der Waals surface area (Å²) in [5.41, 5.74) is -0.160. The number of hydrogen-bond donors (Lipinski definition) is 2. The summed E-state index contributed by atoms with van der Waals surface area (Å²) in [7, 11) is -3.97. The zero-order chi connectivity index (χ0) is 13.9. The van der Waals surface area contributed by atoms with Crippen molar-refractivity contribution in [3.8, 4) is 0 Å². The van der Waals surface area contributed by atoms with Crippen molar-refractivity contribution in [2.24, 2.45) is 0 Å². The second kappa shape index (κ2) is 5.32. The summed E-state index contributed by atoms with van der Waals surface area (Å²) in [6.45, 7) is 1.75. The van der Waals surface area contributed by atoms with Gasteiger partial charge < -0.3 is 4.74 Å². The van der Waals surface area contributed by atoms with Crippen molar-refractivity contribution >= 4 is 32.5 Å². The average Bonchev–Trinajstić information content (AvgIpc) is 2.98. The summed E-state index contributed by atoms with van der Waals surface area (Å²) in [5.74, 6) is -0.765. The number of H-pyrrole nitrogens is 1. The third kappa shape index (κ3) is 2.88. The molecule has 102 valence electrons. The van der Waals surface area contributed by atoms with Crippen LogP contribution in [0.3, 0.4) is 0 Å². The zero-order valence-electron chi connectivity index (χ0n) is 9.65. The van der Waals surface area contributed by atoms with Gasteiger partial charge in [0.25, 0.3) is 10.0 Å². The van der Waals surface area contributed by atoms with Crippen LogP contribution in [0, 0.1) is 0 Å². The number of hydrogen-bond acceptors (Lipinski definition) is 8. The molecule has 0 aliphatic carbocycles. The van der Waals surface area contributed by atoms with E-state index in [1.807, 2.05) is 0 Å². The lowest BCUT2D eigenvalue weighted by molar-refractivity contribution is 0.0522. The lowest BCUT2D eigenvalue weighted by Crippen LogP contribution is -2.17. The van der Waals surface area contributed by atoms with Crippen LogP contribution in [0.5, 0.6) is 0 Å². The number of ether oxygens (including phenoxy) is 1. The van der Waals surface area contributed by atoms with Crippen LogP contribution < -0.4 is 4.72 Å². The molecule has 2 aromatic heterocycles. The van der Waals surface area contributed by atoms with Gasteiger partial charge in [0.1, 0.15) is 10.6 Å². The first-order valence-corrected chi connectivity index (χ1v) is 7.31. The van der Waals surface area contributed by atoms with E-state index >= 15 is 0 Å². The third-order valence-corrected chi connectivity index (χ3v) is 4.01. The van der Waals surface area contributed by atoms with Gasteiger partial charge in [-0.05, 0) is 6.92 Å². The SMILES string of the molecule is CCOC(=O)c1cn[nH]c1S(=O)(=O)Nc1cnns1. The van der Waals surface area contributed by atoms with Gasteiger partial charge in [0.2, 0.25) is 0 Å². The highest BCUT2D eigenvalue weighted by molar-refractivity contribution is 7.92. The first-order chi connectivity index (χ1) is 9.04. The number of aromatic nitrogens is 4. The maximum Gasteiger partial charge on any atom is 0.342 e. The van der Waals surface area contributed by atoms with Crippen LogP contribution in [-0.4, -0.2) is 40.8 Å². The summed E-state index contributed by atoms with van der Waals surface area (Å²) in [6.07, 6.45) is 2.35. The number of anilines is 1. The maximum absolute atomic E-state index is 12.1. The molecule has 0 saturated carbocycles. The van der Waals surface area contributed by atoms with E-state index in [-0.39, 0.29) is 22.2 Å². The number of aromatic amines is 1. The number of nitrogens with zero attached hydrogens (tertiary/aromatic N) is 3. The van der Waals surface area contributed by atoms with E-state index in [9.17, 15) is 13.2 Å². The molecule has 11 heteroatoms. The normalized spacial score (nSPS) is 11.2. The molecule has 0 spiro atoms. The van der Waals surface area contributed by atoms with Crippen molar-refractivity contribution in [3.63, 3.8) is 0 Å². The summed E-state index contributed by atoms with van der Waals surface area (Å²) in [4.78, 5) is 11.6. The highest BCUT2D eigenvalue weighted by atomic mass is 32.2. The molecule has 2 heterocycles. The molecule has 0 aliphatic rings. The third-order valence-electron chi connectivity index (χ3n) is 1.96. The molecule has 0 aliphatic heterocycles. The number of esters is 1. The van der Waals surface area contributed by atoms with Crippen LogP contribution >= 0.6 is 11.5 Å². The monoisotopic (exact) mass is 303 g/mol. The van der Waals surface area contributed by atoms with Crippen LogP contribution in [0.25, 0.3) is 0 Å². The summed E-state index contributed by atoms with van der Waals surface area (Å²) < 4.78 is 34.6. The lowest BCUT2D eigenvalue weighted by atomic mass is 10.4. The molecule has 2 aromatic rings. The first kappa shape index (κ1) is 13.4. The van der Waals surface area contributed by atoms with Crippen molar-refractivity contribution in [3.05, 3.63) is 18.0 Å². The van der Waals surface area contributed by atoms with E-state index in [0.29, 0.717) is 0 Å². The summed E-state index contributed by atoms with van der Waals surface area (Å²) in [5, 5.41) is 9.17. The molecule has 2 N–H and O–H groups in total. The van der Waals surface area contributed by atoms with E-state index in [0.717, 1.165) is 17.7 Å². The van der Waals surface area contributed by atoms with Crippen LogP contribution in [0.1, 0.15) is 17.3 Å². The van der Waals surface area contributed by atoms with Crippen molar-refractivity contribution in [2.45, 2.75) is 11.9 Å². The molecule has 0 atom stereocenters. The molecule has 0 unspecified atom stereocenters. The zero-order valence-corrected chi connectivity index (χ0v) is 11.3. The van der Waals surface area contributed by atoms with Crippen LogP contribution in [0.4, 0.5) is 5.00 Å². The second-order valence-corrected chi connectivity index (χ2v) is 5.63. The fourth-order valence-corrected chi connectivity index (χ4v) is 3.00. The molecule has 9 nitrogen and oxygen atoms in total. The predicted molar refractivity (Wildman–Crippen MR) is 65.3 cm³/mol. The molecule has 0 amide bonds. The van der Waals surface area contributed by atoms with Gasteiger partial charge in [-0.15, -0.1) is 5.10 Å². The fraction of sp³-hybridized carbons (Fsp3) is 0.250. The second-order valence-electron chi connectivity index (χ2n) is 3.22. The van der Waals surface area contributed by atoms with E-state index in [2.05, 4.69) is 24.5 Å². The number of nitrogens with one attached hydrogen (secondary N) is 2. The van der Waals surface area contributed by atoms with Crippen molar-refractivity contribution in [2.75, 3.05) is 11.3 Å². The smallest absolute Gasteiger partial charge is 0.342 e. The molecular weight excluding hydrogens is 294 g/mol. The minimum absolute atomic E-state index is 0.135. The van der Waals surface area contributed by atoms with Gasteiger partial charge in [-0.3, -0.25) is 9.82 Å². The molecule has 0 radical (unpaired) electrons. The molecule has 0 fully saturated rings. The Labute approximate surface area is 112 Å². The van der Waals surface area contributed by atoms with E-state index in [4.69, 9.17) is 4.74 Å². The molecule has 0 bridgehead atoms. The average molecular weight is 303 g/mol. The molecule has 19 heavy (non-hydrogen) atoms. The van der Waals surface area contributed by atoms with Crippen LogP contribution in [0.15, 0.2) is 17.4 Å². The highest BCUT2D eigenvalue weighted by Gasteiger charge is 2.26. The molecule has 0 aromatic carbocycles. The van der Waals surface area contributed by atoms with Crippen molar-refractivity contribution < 1.29 is 17.9 Å². The summed E-state index contributed by atoms with van der Waals surface area (Å²) in [6, 6.07) is 0. The Bertz CT molecular complexity index is 663. The van der Waals surface area contributed by atoms with Gasteiger partial charge in [-0.25, -0.2) is 4.79 Å². The van der Waals surface area contributed by atoms with Gasteiger partial charge in [0, 0.05) is 11.5 Å². The highest BCUT2D eigenvalue weighted by Crippen LogP contribution is 2.19. The first-order valence-electron chi connectivity index (χ1n) is 5.05. The fourth-order valence-electron chi connectivity index (χ4n) is 1.23. The number of carbonyl (C=O) groups excluding carboxylic acids is 1. The minimum Gasteiger partial charge on any atom is -0.462 e. The Morgan fingerprint density at radius 3 is 2.95 bits per heavy atom. The minimum atomic E-state index is -3.97. The standard InChI is InChI=1S/C8H9N5O4S2/c1-2-17-8(14)5-3-9-11-7(5)19(15,16)12-6-4-10-13-18-6/h3-4,12H,2H2,1H3,(H,9,11). The van der Waals surface area contributed by atoms with Gasteiger partial charge in [-0.2, -0.15) is 13.5 Å². The van der Waals surface area contributed by atoms with E-state index in [1.165, 1.54) is 6.20 Å². The Morgan fingerprint density at radius 2 is 2.32 bits per heavy atom. The number of sulfonamides is 1. The summed E-state index contributed by atoms with van der Waals surface area (Å²) >= 11 is 0.870. The van der Waals surface area contributed by atoms with Crippen molar-refractivity contribution in [1.82, 2.24) is 19.8 Å².